The highest BCUT2D eigenvalue weighted by molar-refractivity contribution is 9.10. The van der Waals surface area contributed by atoms with Crippen LogP contribution in [-0.4, -0.2) is 29.6 Å². The number of ether oxygens (including phenoxy) is 1. The third kappa shape index (κ3) is 3.96. The number of para-hydroxylation sites is 1. The Morgan fingerprint density at radius 2 is 2.10 bits per heavy atom. The van der Waals surface area contributed by atoms with Gasteiger partial charge in [0.25, 0.3) is 5.91 Å². The van der Waals surface area contributed by atoms with Gasteiger partial charge in [-0.25, -0.2) is 0 Å². The Hall–Kier alpha value is -1.56. The molecule has 6 heteroatoms. The van der Waals surface area contributed by atoms with E-state index in [1.807, 2.05) is 18.2 Å². The first-order valence-electron chi connectivity index (χ1n) is 6.45. The number of nitrogens with one attached hydrogen (secondary N) is 1. The van der Waals surface area contributed by atoms with Gasteiger partial charge in [-0.2, -0.15) is 0 Å². The van der Waals surface area contributed by atoms with E-state index in [4.69, 9.17) is 9.84 Å². The van der Waals surface area contributed by atoms with E-state index in [0.717, 1.165) is 4.47 Å². The van der Waals surface area contributed by atoms with Crippen LogP contribution in [0.1, 0.15) is 19.3 Å². The summed E-state index contributed by atoms with van der Waals surface area (Å²) in [5.41, 5.74) is 0. The first-order valence-corrected chi connectivity index (χ1v) is 7.25. The van der Waals surface area contributed by atoms with Gasteiger partial charge in [0, 0.05) is 6.04 Å². The lowest BCUT2D eigenvalue weighted by Crippen LogP contribution is -2.36. The number of carboxylic acids is 1. The molecule has 2 atom stereocenters. The molecule has 2 N–H and O–H groups in total. The van der Waals surface area contributed by atoms with Crippen molar-refractivity contribution in [3.8, 4) is 5.75 Å². The summed E-state index contributed by atoms with van der Waals surface area (Å²) in [5, 5.41) is 11.7. The molecular formula is C14H16BrNO4. The minimum atomic E-state index is -0.786. The minimum Gasteiger partial charge on any atom is -0.483 e. The van der Waals surface area contributed by atoms with Gasteiger partial charge in [-0.05, 0) is 47.3 Å². The predicted octanol–water partition coefficient (Wildman–Crippen LogP) is 2.20. The Morgan fingerprint density at radius 3 is 2.75 bits per heavy atom. The van der Waals surface area contributed by atoms with Crippen LogP contribution in [0.4, 0.5) is 0 Å². The molecule has 0 bridgehead atoms. The number of hydrogen-bond donors (Lipinski definition) is 2. The molecule has 20 heavy (non-hydrogen) atoms. The number of carbonyl (C=O) groups excluding carboxylic acids is 1. The average molecular weight is 342 g/mol. The minimum absolute atomic E-state index is 0.0635. The standard InChI is InChI=1S/C14H16BrNO4/c15-11-3-1-2-4-12(11)20-8-13(17)16-10-6-5-9(7-10)14(18)19/h1-4,9-10H,5-8H2,(H,16,17)(H,18,19)/t9-,10+/m1/s1. The molecule has 0 aliphatic heterocycles. The molecule has 1 fully saturated rings. The van der Waals surface area contributed by atoms with Gasteiger partial charge in [-0.3, -0.25) is 9.59 Å². The molecular weight excluding hydrogens is 326 g/mol. The smallest absolute Gasteiger partial charge is 0.306 e. The van der Waals surface area contributed by atoms with E-state index >= 15 is 0 Å². The second kappa shape index (κ2) is 6.74. The van der Waals surface area contributed by atoms with Crippen molar-refractivity contribution in [2.24, 2.45) is 5.92 Å². The van der Waals surface area contributed by atoms with E-state index in [0.29, 0.717) is 25.0 Å². The molecule has 0 saturated heterocycles. The third-order valence-electron chi connectivity index (χ3n) is 3.34. The summed E-state index contributed by atoms with van der Waals surface area (Å²) in [6.07, 6.45) is 1.82. The second-order valence-corrected chi connectivity index (χ2v) is 5.69. The van der Waals surface area contributed by atoms with E-state index in [-0.39, 0.29) is 24.5 Å². The highest BCUT2D eigenvalue weighted by Crippen LogP contribution is 2.26. The Morgan fingerprint density at radius 1 is 1.35 bits per heavy atom. The summed E-state index contributed by atoms with van der Waals surface area (Å²) in [6.45, 7) is -0.0726. The van der Waals surface area contributed by atoms with Crippen molar-refractivity contribution in [1.82, 2.24) is 5.32 Å². The first kappa shape index (κ1) is 14.8. The van der Waals surface area contributed by atoms with Gasteiger partial charge in [-0.15, -0.1) is 0 Å². The Kier molecular flexibility index (Phi) is 5.00. The van der Waals surface area contributed by atoms with Crippen LogP contribution in [0, 0.1) is 5.92 Å². The lowest BCUT2D eigenvalue weighted by atomic mass is 10.1. The highest BCUT2D eigenvalue weighted by atomic mass is 79.9. The van der Waals surface area contributed by atoms with Crippen LogP contribution in [0.25, 0.3) is 0 Å². The monoisotopic (exact) mass is 341 g/mol. The zero-order valence-corrected chi connectivity index (χ0v) is 12.4. The van der Waals surface area contributed by atoms with E-state index in [2.05, 4.69) is 21.2 Å². The van der Waals surface area contributed by atoms with Crippen molar-refractivity contribution in [1.29, 1.82) is 0 Å². The maximum atomic E-state index is 11.8. The Balaban J connectivity index is 1.77. The molecule has 1 aliphatic rings. The summed E-state index contributed by atoms with van der Waals surface area (Å²) in [5.74, 6) is -0.745. The van der Waals surface area contributed by atoms with Crippen LogP contribution in [0.2, 0.25) is 0 Å². The van der Waals surface area contributed by atoms with E-state index < -0.39 is 5.97 Å². The van der Waals surface area contributed by atoms with Crippen molar-refractivity contribution in [2.75, 3.05) is 6.61 Å². The van der Waals surface area contributed by atoms with Crippen LogP contribution >= 0.6 is 15.9 Å². The van der Waals surface area contributed by atoms with E-state index in [1.54, 1.807) is 6.07 Å². The number of amides is 1. The van der Waals surface area contributed by atoms with Crippen molar-refractivity contribution in [2.45, 2.75) is 25.3 Å². The number of benzene rings is 1. The van der Waals surface area contributed by atoms with Crippen LogP contribution in [0.3, 0.4) is 0 Å². The zero-order chi connectivity index (χ0) is 14.5. The molecule has 0 unspecified atom stereocenters. The Labute approximate surface area is 125 Å². The quantitative estimate of drug-likeness (QED) is 0.860. The summed E-state index contributed by atoms with van der Waals surface area (Å²) < 4.78 is 6.20. The van der Waals surface area contributed by atoms with Gasteiger partial charge in [-0.1, -0.05) is 12.1 Å². The van der Waals surface area contributed by atoms with E-state index in [9.17, 15) is 9.59 Å². The highest BCUT2D eigenvalue weighted by Gasteiger charge is 2.30. The average Bonchev–Trinajstić information content (AvgIpc) is 2.86. The van der Waals surface area contributed by atoms with Crippen LogP contribution < -0.4 is 10.1 Å². The fraction of sp³-hybridized carbons (Fsp3) is 0.429. The fourth-order valence-electron chi connectivity index (χ4n) is 2.31. The second-order valence-electron chi connectivity index (χ2n) is 4.83. The zero-order valence-electron chi connectivity index (χ0n) is 10.8. The first-order chi connectivity index (χ1) is 9.56. The molecule has 0 radical (unpaired) electrons. The van der Waals surface area contributed by atoms with Crippen molar-refractivity contribution < 1.29 is 19.4 Å². The molecule has 1 aromatic carbocycles. The lowest BCUT2D eigenvalue weighted by Gasteiger charge is -2.13. The molecule has 0 spiro atoms. The summed E-state index contributed by atoms with van der Waals surface area (Å²) >= 11 is 3.34. The summed E-state index contributed by atoms with van der Waals surface area (Å²) in [6, 6.07) is 7.23. The SMILES string of the molecule is O=C(COc1ccccc1Br)N[C@H]1CC[C@@H](C(=O)O)C1. The summed E-state index contributed by atoms with van der Waals surface area (Å²) in [7, 11) is 0. The van der Waals surface area contributed by atoms with Crippen molar-refractivity contribution in [3.05, 3.63) is 28.7 Å². The molecule has 108 valence electrons. The number of hydrogen-bond acceptors (Lipinski definition) is 3. The predicted molar refractivity (Wildman–Crippen MR) is 76.5 cm³/mol. The molecule has 1 aliphatic carbocycles. The van der Waals surface area contributed by atoms with Crippen molar-refractivity contribution in [3.63, 3.8) is 0 Å². The fourth-order valence-corrected chi connectivity index (χ4v) is 2.71. The van der Waals surface area contributed by atoms with Gasteiger partial charge in [0.15, 0.2) is 6.61 Å². The molecule has 2 rings (SSSR count). The van der Waals surface area contributed by atoms with Gasteiger partial charge >= 0.3 is 5.97 Å². The van der Waals surface area contributed by atoms with Gasteiger partial charge in [0.1, 0.15) is 5.75 Å². The Bertz CT molecular complexity index is 506. The molecule has 5 nitrogen and oxygen atoms in total. The van der Waals surface area contributed by atoms with Gasteiger partial charge < -0.3 is 15.2 Å². The maximum absolute atomic E-state index is 11.8. The molecule has 1 amide bonds. The lowest BCUT2D eigenvalue weighted by molar-refractivity contribution is -0.141. The number of carboxylic acid groups (broad SMARTS) is 1. The molecule has 0 aromatic heterocycles. The normalized spacial score (nSPS) is 21.4. The maximum Gasteiger partial charge on any atom is 0.306 e. The van der Waals surface area contributed by atoms with Gasteiger partial charge in [0.2, 0.25) is 0 Å². The third-order valence-corrected chi connectivity index (χ3v) is 4.00. The largest absolute Gasteiger partial charge is 0.483 e. The van der Waals surface area contributed by atoms with Gasteiger partial charge in [0.05, 0.1) is 10.4 Å². The summed E-state index contributed by atoms with van der Waals surface area (Å²) in [4.78, 5) is 22.6. The van der Waals surface area contributed by atoms with Crippen LogP contribution in [0.5, 0.6) is 5.75 Å². The number of halogens is 1. The number of carbonyl (C=O) groups is 2. The number of rotatable bonds is 5. The molecule has 1 aromatic rings. The molecule has 0 heterocycles. The van der Waals surface area contributed by atoms with E-state index in [1.165, 1.54) is 0 Å². The van der Waals surface area contributed by atoms with Crippen molar-refractivity contribution >= 4 is 27.8 Å². The molecule has 1 saturated carbocycles. The topological polar surface area (TPSA) is 75.6 Å². The number of aliphatic carboxylic acids is 1. The van der Waals surface area contributed by atoms with Crippen LogP contribution in [0.15, 0.2) is 28.7 Å². The van der Waals surface area contributed by atoms with Crippen LogP contribution in [-0.2, 0) is 9.59 Å².